The van der Waals surface area contributed by atoms with E-state index in [0.717, 1.165) is 5.56 Å². The first-order valence-electron chi connectivity index (χ1n) is 7.94. The molecule has 0 fully saturated rings. The SMILES string of the molecule is Cc1cc(C)c(S(=O)(=O)NC(C(S)c2ccccc2Cl)C(F)(F)F)c(C)c1. The second-order valence-corrected chi connectivity index (χ2v) is 8.95. The van der Waals surface area contributed by atoms with Gasteiger partial charge in [0.05, 0.1) is 10.1 Å². The highest BCUT2D eigenvalue weighted by atomic mass is 35.5. The van der Waals surface area contributed by atoms with Crippen molar-refractivity contribution in [2.24, 2.45) is 0 Å². The summed E-state index contributed by atoms with van der Waals surface area (Å²) in [4.78, 5) is -0.165. The molecule has 0 saturated heterocycles. The van der Waals surface area contributed by atoms with Gasteiger partial charge in [-0.1, -0.05) is 47.5 Å². The van der Waals surface area contributed by atoms with Gasteiger partial charge in [0, 0.05) is 5.02 Å². The Labute approximate surface area is 167 Å². The number of aryl methyl sites for hydroxylation is 3. The Balaban J connectivity index is 2.50. The van der Waals surface area contributed by atoms with Gasteiger partial charge in [0.15, 0.2) is 0 Å². The number of sulfonamides is 1. The second-order valence-electron chi connectivity index (χ2n) is 6.33. The van der Waals surface area contributed by atoms with E-state index in [2.05, 4.69) is 12.6 Å². The molecular weight excluding hydrogens is 419 g/mol. The quantitative estimate of drug-likeness (QED) is 0.636. The smallest absolute Gasteiger partial charge is 0.207 e. The predicted molar refractivity (Wildman–Crippen MR) is 104 cm³/mol. The van der Waals surface area contributed by atoms with Gasteiger partial charge in [-0.2, -0.15) is 30.5 Å². The largest absolute Gasteiger partial charge is 0.406 e. The van der Waals surface area contributed by atoms with E-state index >= 15 is 0 Å². The van der Waals surface area contributed by atoms with Crippen LogP contribution < -0.4 is 4.72 Å². The molecular formula is C18H19ClF3NO2S2. The van der Waals surface area contributed by atoms with Gasteiger partial charge >= 0.3 is 6.18 Å². The first-order valence-corrected chi connectivity index (χ1v) is 10.3. The Hall–Kier alpha value is -1.22. The first-order chi connectivity index (χ1) is 12.3. The van der Waals surface area contributed by atoms with E-state index in [4.69, 9.17) is 11.6 Å². The highest BCUT2D eigenvalue weighted by molar-refractivity contribution is 7.89. The van der Waals surface area contributed by atoms with Crippen LogP contribution >= 0.6 is 24.2 Å². The summed E-state index contributed by atoms with van der Waals surface area (Å²) in [6.45, 7) is 4.87. The number of benzene rings is 2. The molecule has 0 saturated carbocycles. The molecule has 2 aromatic carbocycles. The van der Waals surface area contributed by atoms with Crippen LogP contribution in [0.5, 0.6) is 0 Å². The van der Waals surface area contributed by atoms with Gasteiger partial charge in [0.2, 0.25) is 10.0 Å². The average Bonchev–Trinajstić information content (AvgIpc) is 2.50. The number of hydrogen-bond acceptors (Lipinski definition) is 3. The van der Waals surface area contributed by atoms with Crippen LogP contribution in [0.15, 0.2) is 41.3 Å². The monoisotopic (exact) mass is 437 g/mol. The molecule has 0 aliphatic carbocycles. The predicted octanol–water partition coefficient (Wildman–Crippen LogP) is 5.15. The van der Waals surface area contributed by atoms with Crippen LogP contribution in [0.3, 0.4) is 0 Å². The third-order valence-corrected chi connectivity index (χ3v) is 6.71. The third kappa shape index (κ3) is 4.99. The summed E-state index contributed by atoms with van der Waals surface area (Å²) < 4.78 is 68.4. The molecule has 2 atom stereocenters. The van der Waals surface area contributed by atoms with Crippen molar-refractivity contribution >= 4 is 34.3 Å². The maximum Gasteiger partial charge on any atom is 0.406 e. The lowest BCUT2D eigenvalue weighted by Crippen LogP contribution is -2.48. The van der Waals surface area contributed by atoms with Crippen LogP contribution in [-0.2, 0) is 10.0 Å². The van der Waals surface area contributed by atoms with Crippen LogP contribution in [0.2, 0.25) is 5.02 Å². The zero-order valence-corrected chi connectivity index (χ0v) is 17.3. The molecule has 0 aromatic heterocycles. The van der Waals surface area contributed by atoms with Gasteiger partial charge in [0.1, 0.15) is 6.04 Å². The van der Waals surface area contributed by atoms with Gasteiger partial charge < -0.3 is 0 Å². The van der Waals surface area contributed by atoms with Gasteiger partial charge in [-0.3, -0.25) is 0 Å². The third-order valence-electron chi connectivity index (χ3n) is 4.05. The minimum atomic E-state index is -4.87. The lowest BCUT2D eigenvalue weighted by atomic mass is 10.1. The average molecular weight is 438 g/mol. The van der Waals surface area contributed by atoms with Crippen LogP contribution in [0.25, 0.3) is 0 Å². The van der Waals surface area contributed by atoms with E-state index in [1.807, 2.05) is 0 Å². The maximum atomic E-state index is 13.7. The molecule has 0 bridgehead atoms. The highest BCUT2D eigenvalue weighted by Gasteiger charge is 2.47. The molecule has 0 spiro atoms. The Morgan fingerprint density at radius 2 is 1.59 bits per heavy atom. The Kier molecular flexibility index (Phi) is 6.56. The van der Waals surface area contributed by atoms with Crippen LogP contribution in [0.1, 0.15) is 27.5 Å². The van der Waals surface area contributed by atoms with Crippen molar-refractivity contribution in [3.05, 3.63) is 63.7 Å². The Morgan fingerprint density at radius 1 is 1.07 bits per heavy atom. The molecule has 0 amide bonds. The van der Waals surface area contributed by atoms with E-state index in [1.54, 1.807) is 43.7 Å². The number of hydrogen-bond donors (Lipinski definition) is 2. The van der Waals surface area contributed by atoms with Crippen LogP contribution in [0, 0.1) is 20.8 Å². The van der Waals surface area contributed by atoms with Crippen LogP contribution in [0.4, 0.5) is 13.2 Å². The van der Waals surface area contributed by atoms with Crippen molar-refractivity contribution in [2.45, 2.75) is 43.1 Å². The van der Waals surface area contributed by atoms with E-state index < -0.39 is 27.5 Å². The Bertz CT molecular complexity index is 923. The zero-order chi connectivity index (χ0) is 20.6. The van der Waals surface area contributed by atoms with Crippen molar-refractivity contribution in [1.82, 2.24) is 4.72 Å². The molecule has 0 heterocycles. The lowest BCUT2D eigenvalue weighted by molar-refractivity contribution is -0.151. The number of thiol groups is 1. The minimum absolute atomic E-state index is 0.0774. The van der Waals surface area contributed by atoms with Gasteiger partial charge in [-0.15, -0.1) is 0 Å². The number of alkyl halides is 3. The Morgan fingerprint density at radius 3 is 2.07 bits per heavy atom. The van der Waals surface area contributed by atoms with E-state index in [0.29, 0.717) is 11.1 Å². The van der Waals surface area contributed by atoms with E-state index in [9.17, 15) is 21.6 Å². The number of rotatable bonds is 5. The number of halogens is 4. The van der Waals surface area contributed by atoms with Crippen molar-refractivity contribution in [1.29, 1.82) is 0 Å². The fourth-order valence-electron chi connectivity index (χ4n) is 3.02. The summed E-state index contributed by atoms with van der Waals surface area (Å²) in [6, 6.07) is 6.66. The maximum absolute atomic E-state index is 13.7. The van der Waals surface area contributed by atoms with Gasteiger partial charge in [0.25, 0.3) is 0 Å². The molecule has 0 aliphatic heterocycles. The summed E-state index contributed by atoms with van der Waals surface area (Å²) in [6.07, 6.45) is -4.87. The standard InChI is InChI=1S/C18H19ClF3NO2S2/c1-10-8-11(2)16(12(3)9-10)27(24,25)23-17(18(20,21)22)15(26)13-6-4-5-7-14(13)19/h4-9,15,17,23,26H,1-3H3. The van der Waals surface area contributed by atoms with Gasteiger partial charge in [-0.05, 0) is 43.5 Å². The molecule has 1 N–H and O–H groups in total. The second kappa shape index (κ2) is 8.03. The molecule has 148 valence electrons. The minimum Gasteiger partial charge on any atom is -0.207 e. The van der Waals surface area contributed by atoms with E-state index in [-0.39, 0.29) is 15.5 Å². The summed E-state index contributed by atoms with van der Waals surface area (Å²) in [5.41, 5.74) is 1.65. The zero-order valence-electron chi connectivity index (χ0n) is 14.8. The lowest BCUT2D eigenvalue weighted by Gasteiger charge is -2.28. The van der Waals surface area contributed by atoms with Gasteiger partial charge in [-0.25, -0.2) is 8.42 Å². The highest BCUT2D eigenvalue weighted by Crippen LogP contribution is 2.38. The molecule has 0 aliphatic rings. The van der Waals surface area contributed by atoms with Crippen molar-refractivity contribution in [3.8, 4) is 0 Å². The first kappa shape index (κ1) is 22.1. The fraction of sp³-hybridized carbons (Fsp3) is 0.333. The van der Waals surface area contributed by atoms with Crippen LogP contribution in [-0.4, -0.2) is 20.6 Å². The molecule has 3 nitrogen and oxygen atoms in total. The molecule has 2 aromatic rings. The fourth-order valence-corrected chi connectivity index (χ4v) is 5.61. The topological polar surface area (TPSA) is 46.2 Å². The van der Waals surface area contributed by atoms with E-state index in [1.165, 1.54) is 18.2 Å². The molecule has 2 unspecified atom stereocenters. The number of nitrogens with one attached hydrogen (secondary N) is 1. The summed E-state index contributed by atoms with van der Waals surface area (Å²) >= 11 is 10.0. The normalized spacial score (nSPS) is 14.8. The summed E-state index contributed by atoms with van der Waals surface area (Å²) in [7, 11) is -4.45. The molecule has 9 heteroatoms. The molecule has 2 rings (SSSR count). The van der Waals surface area contributed by atoms with Crippen molar-refractivity contribution < 1.29 is 21.6 Å². The van der Waals surface area contributed by atoms with Crippen molar-refractivity contribution in [3.63, 3.8) is 0 Å². The molecule has 27 heavy (non-hydrogen) atoms. The summed E-state index contributed by atoms with van der Waals surface area (Å²) in [5, 5.41) is -1.44. The van der Waals surface area contributed by atoms with Crippen molar-refractivity contribution in [2.75, 3.05) is 0 Å². The summed E-state index contributed by atoms with van der Waals surface area (Å²) in [5.74, 6) is 0. The molecule has 0 radical (unpaired) electrons.